The smallest absolute Gasteiger partial charge is 0.264 e. The van der Waals surface area contributed by atoms with E-state index >= 15 is 0 Å². The van der Waals surface area contributed by atoms with Gasteiger partial charge < -0.3 is 4.74 Å². The third kappa shape index (κ3) is 6.16. The van der Waals surface area contributed by atoms with E-state index in [-0.39, 0.29) is 0 Å². The average Bonchev–Trinajstić information content (AvgIpc) is 3.21. The average molecular weight is 312 g/mol. The fourth-order valence-electron chi connectivity index (χ4n) is 2.62. The van der Waals surface area contributed by atoms with Gasteiger partial charge in [0.15, 0.2) is 0 Å². The quantitative estimate of drug-likeness (QED) is 0.520. The molecule has 1 fully saturated rings. The van der Waals surface area contributed by atoms with Gasteiger partial charge in [-0.3, -0.25) is 4.18 Å². The third-order valence-electron chi connectivity index (χ3n) is 4.03. The van der Waals surface area contributed by atoms with Gasteiger partial charge in [-0.25, -0.2) is 0 Å². The van der Waals surface area contributed by atoms with Gasteiger partial charge in [0.25, 0.3) is 10.1 Å². The maximum atomic E-state index is 10.9. The van der Waals surface area contributed by atoms with Crippen molar-refractivity contribution >= 4 is 10.1 Å². The Kier molecular flexibility index (Phi) is 5.79. The first-order chi connectivity index (χ1) is 9.96. The summed E-state index contributed by atoms with van der Waals surface area (Å²) in [6.07, 6.45) is 3.17. The Bertz CT molecular complexity index is 526. The van der Waals surface area contributed by atoms with E-state index in [9.17, 15) is 8.42 Å². The van der Waals surface area contributed by atoms with Gasteiger partial charge >= 0.3 is 0 Å². The summed E-state index contributed by atoms with van der Waals surface area (Å²) < 4.78 is 32.4. The van der Waals surface area contributed by atoms with Crippen LogP contribution in [0.25, 0.3) is 0 Å². The number of rotatable bonds is 9. The standard InChI is InChI=1S/C16H24O4S/c1-13(16-10-15(16)12-20-21(2,17)18)8-9-19-11-14-6-4-3-5-7-14/h3-7,13,15-16H,8-12H2,1-2H3/t13-,15+,16+/m1/s1. The molecule has 1 saturated carbocycles. The van der Waals surface area contributed by atoms with E-state index in [1.54, 1.807) is 0 Å². The molecule has 0 aliphatic heterocycles. The molecule has 2 rings (SSSR count). The summed E-state index contributed by atoms with van der Waals surface area (Å²) in [4.78, 5) is 0. The lowest BCUT2D eigenvalue weighted by Crippen LogP contribution is -2.09. The van der Waals surface area contributed by atoms with Crippen molar-refractivity contribution < 1.29 is 17.3 Å². The number of ether oxygens (including phenoxy) is 1. The maximum Gasteiger partial charge on any atom is 0.264 e. The molecule has 0 amide bonds. The highest BCUT2D eigenvalue weighted by molar-refractivity contribution is 7.85. The summed E-state index contributed by atoms with van der Waals surface area (Å²) >= 11 is 0. The molecule has 0 spiro atoms. The molecule has 0 bridgehead atoms. The molecular formula is C16H24O4S. The second-order valence-electron chi connectivity index (χ2n) is 5.95. The highest BCUT2D eigenvalue weighted by Crippen LogP contribution is 2.45. The van der Waals surface area contributed by atoms with Gasteiger partial charge in [0.1, 0.15) is 0 Å². The molecule has 1 aromatic rings. The summed E-state index contributed by atoms with van der Waals surface area (Å²) in [6, 6.07) is 10.1. The molecule has 1 aliphatic rings. The van der Waals surface area contributed by atoms with E-state index in [0.717, 1.165) is 25.7 Å². The fraction of sp³-hybridized carbons (Fsp3) is 0.625. The Morgan fingerprint density at radius 2 is 2.00 bits per heavy atom. The Hall–Kier alpha value is -0.910. The number of hydrogen-bond acceptors (Lipinski definition) is 4. The number of hydrogen-bond donors (Lipinski definition) is 0. The lowest BCUT2D eigenvalue weighted by atomic mass is 10.0. The normalized spacial score (nSPS) is 23.0. The van der Waals surface area contributed by atoms with Crippen LogP contribution >= 0.6 is 0 Å². The molecule has 5 heteroatoms. The van der Waals surface area contributed by atoms with Gasteiger partial charge in [0.05, 0.1) is 19.5 Å². The zero-order valence-corrected chi connectivity index (χ0v) is 13.5. The van der Waals surface area contributed by atoms with Crippen molar-refractivity contribution in [3.05, 3.63) is 35.9 Å². The van der Waals surface area contributed by atoms with Gasteiger partial charge in [0.2, 0.25) is 0 Å². The van der Waals surface area contributed by atoms with Crippen molar-refractivity contribution in [1.29, 1.82) is 0 Å². The van der Waals surface area contributed by atoms with Crippen molar-refractivity contribution in [2.45, 2.75) is 26.4 Å². The van der Waals surface area contributed by atoms with Crippen LogP contribution in [0, 0.1) is 17.8 Å². The Labute approximate surface area is 127 Å². The van der Waals surface area contributed by atoms with E-state index in [0.29, 0.717) is 31.0 Å². The van der Waals surface area contributed by atoms with Crippen molar-refractivity contribution in [3.8, 4) is 0 Å². The molecule has 4 nitrogen and oxygen atoms in total. The van der Waals surface area contributed by atoms with Crippen LogP contribution in [0.1, 0.15) is 25.3 Å². The molecule has 0 N–H and O–H groups in total. The van der Waals surface area contributed by atoms with Crippen molar-refractivity contribution in [2.75, 3.05) is 19.5 Å². The highest BCUT2D eigenvalue weighted by Gasteiger charge is 2.41. The monoisotopic (exact) mass is 312 g/mol. The minimum atomic E-state index is -3.30. The largest absolute Gasteiger partial charge is 0.377 e. The lowest BCUT2D eigenvalue weighted by Gasteiger charge is -2.11. The van der Waals surface area contributed by atoms with Crippen molar-refractivity contribution in [3.63, 3.8) is 0 Å². The van der Waals surface area contributed by atoms with E-state index in [1.165, 1.54) is 5.56 Å². The zero-order valence-electron chi connectivity index (χ0n) is 12.7. The summed E-state index contributed by atoms with van der Waals surface area (Å²) in [6.45, 7) is 3.93. The van der Waals surface area contributed by atoms with Gasteiger partial charge in [-0.2, -0.15) is 8.42 Å². The zero-order chi connectivity index (χ0) is 15.3. The first kappa shape index (κ1) is 16.5. The van der Waals surface area contributed by atoms with Crippen LogP contribution in [-0.4, -0.2) is 27.9 Å². The van der Waals surface area contributed by atoms with Crippen LogP contribution in [0.5, 0.6) is 0 Å². The molecule has 1 aromatic carbocycles. The van der Waals surface area contributed by atoms with E-state index in [2.05, 4.69) is 19.1 Å². The van der Waals surface area contributed by atoms with Gasteiger partial charge in [0, 0.05) is 6.61 Å². The Morgan fingerprint density at radius 3 is 2.67 bits per heavy atom. The topological polar surface area (TPSA) is 52.6 Å². The van der Waals surface area contributed by atoms with Crippen LogP contribution in [0.2, 0.25) is 0 Å². The van der Waals surface area contributed by atoms with Crippen LogP contribution in [0.15, 0.2) is 30.3 Å². The van der Waals surface area contributed by atoms with Crippen LogP contribution in [0.3, 0.4) is 0 Å². The fourth-order valence-corrected chi connectivity index (χ4v) is 3.04. The highest BCUT2D eigenvalue weighted by atomic mass is 32.2. The van der Waals surface area contributed by atoms with Gasteiger partial charge in [-0.15, -0.1) is 0 Å². The summed E-state index contributed by atoms with van der Waals surface area (Å²) in [7, 11) is -3.30. The molecule has 0 saturated heterocycles. The molecular weight excluding hydrogens is 288 g/mol. The maximum absolute atomic E-state index is 10.9. The molecule has 118 valence electrons. The van der Waals surface area contributed by atoms with Crippen molar-refractivity contribution in [2.24, 2.45) is 17.8 Å². The molecule has 0 heterocycles. The first-order valence-corrected chi connectivity index (χ1v) is 9.23. The summed E-state index contributed by atoms with van der Waals surface area (Å²) in [5.74, 6) is 1.52. The summed E-state index contributed by atoms with van der Waals surface area (Å²) in [5.41, 5.74) is 1.19. The SMILES string of the molecule is C[C@H](CCOCc1ccccc1)[C@@H]1C[C@H]1COS(C)(=O)=O. The molecule has 0 unspecified atom stereocenters. The second kappa shape index (κ2) is 7.38. The third-order valence-corrected chi connectivity index (χ3v) is 4.60. The molecule has 1 aliphatic carbocycles. The predicted molar refractivity (Wildman–Crippen MR) is 82.3 cm³/mol. The molecule has 21 heavy (non-hydrogen) atoms. The van der Waals surface area contributed by atoms with Crippen LogP contribution in [0.4, 0.5) is 0 Å². The minimum absolute atomic E-state index is 0.332. The molecule has 3 atom stereocenters. The Morgan fingerprint density at radius 1 is 1.29 bits per heavy atom. The molecule has 0 aromatic heterocycles. The summed E-state index contributed by atoms with van der Waals surface area (Å²) in [5, 5.41) is 0. The second-order valence-corrected chi connectivity index (χ2v) is 7.60. The Balaban J connectivity index is 1.57. The predicted octanol–water partition coefficient (Wildman–Crippen LogP) is 2.84. The van der Waals surface area contributed by atoms with Crippen molar-refractivity contribution in [1.82, 2.24) is 0 Å². The minimum Gasteiger partial charge on any atom is -0.377 e. The van der Waals surface area contributed by atoms with Gasteiger partial charge in [-0.1, -0.05) is 37.3 Å². The van der Waals surface area contributed by atoms with E-state index in [4.69, 9.17) is 8.92 Å². The lowest BCUT2D eigenvalue weighted by molar-refractivity contribution is 0.105. The molecule has 0 radical (unpaired) electrons. The van der Waals surface area contributed by atoms with Gasteiger partial charge in [-0.05, 0) is 36.2 Å². The van der Waals surface area contributed by atoms with Crippen LogP contribution < -0.4 is 0 Å². The van der Waals surface area contributed by atoms with E-state index < -0.39 is 10.1 Å². The first-order valence-electron chi connectivity index (χ1n) is 7.42. The number of benzene rings is 1. The van der Waals surface area contributed by atoms with E-state index in [1.807, 2.05) is 18.2 Å². The van der Waals surface area contributed by atoms with Crippen LogP contribution in [-0.2, 0) is 25.6 Å².